The van der Waals surface area contributed by atoms with Gasteiger partial charge in [-0.05, 0) is 43.2 Å². The van der Waals surface area contributed by atoms with Crippen molar-refractivity contribution in [2.24, 2.45) is 0 Å². The predicted octanol–water partition coefficient (Wildman–Crippen LogP) is 3.05. The molecule has 0 atom stereocenters. The molecule has 5 rings (SSSR count). The number of aromatic nitrogens is 2. The highest BCUT2D eigenvalue weighted by atomic mass is 32.2. The van der Waals surface area contributed by atoms with Crippen LogP contribution in [0.25, 0.3) is 11.1 Å². The van der Waals surface area contributed by atoms with Crippen molar-refractivity contribution in [1.29, 1.82) is 0 Å². The molecule has 0 saturated carbocycles. The lowest BCUT2D eigenvalue weighted by Gasteiger charge is -2.35. The van der Waals surface area contributed by atoms with Crippen LogP contribution in [0.15, 0.2) is 53.4 Å². The molecule has 2 aromatic carbocycles. The molecule has 0 radical (unpaired) electrons. The number of sulfonamides is 1. The minimum atomic E-state index is -3.75. The number of nitrogens with zero attached hydrogens (tertiary/aromatic N) is 4. The first-order valence-corrected chi connectivity index (χ1v) is 13.0. The Kier molecular flexibility index (Phi) is 5.94. The quantitative estimate of drug-likeness (QED) is 0.599. The molecule has 3 aromatic rings. The van der Waals surface area contributed by atoms with Crippen LogP contribution in [0, 0.1) is 13.8 Å². The minimum absolute atomic E-state index is 0.0713. The Balaban J connectivity index is 1.47. The van der Waals surface area contributed by atoms with E-state index in [1.165, 1.54) is 8.99 Å². The fraction of sp³-hybridized carbons (Fsp3) is 0.320. The Morgan fingerprint density at radius 2 is 1.63 bits per heavy atom. The van der Waals surface area contributed by atoms with E-state index in [9.17, 15) is 18.0 Å². The fourth-order valence-corrected chi connectivity index (χ4v) is 6.36. The van der Waals surface area contributed by atoms with Gasteiger partial charge in [0.2, 0.25) is 21.8 Å². The van der Waals surface area contributed by atoms with Gasteiger partial charge in [0, 0.05) is 50.3 Å². The Morgan fingerprint density at radius 3 is 2.34 bits per heavy atom. The van der Waals surface area contributed by atoms with Gasteiger partial charge in [0.25, 0.3) is 0 Å². The summed E-state index contributed by atoms with van der Waals surface area (Å²) in [5.41, 5.74) is 3.40. The largest absolute Gasteiger partial charge is 0.369 e. The first kappa shape index (κ1) is 23.3. The monoisotopic (exact) mass is 493 g/mol. The van der Waals surface area contributed by atoms with E-state index in [-0.39, 0.29) is 29.6 Å². The molecule has 35 heavy (non-hydrogen) atoms. The highest BCUT2D eigenvalue weighted by Gasteiger charge is 2.31. The zero-order valence-corrected chi connectivity index (χ0v) is 20.5. The molecule has 1 saturated heterocycles. The van der Waals surface area contributed by atoms with Crippen LogP contribution in [-0.4, -0.2) is 60.5 Å². The van der Waals surface area contributed by atoms with Crippen molar-refractivity contribution in [3.8, 4) is 11.1 Å². The van der Waals surface area contributed by atoms with Crippen LogP contribution in [0.1, 0.15) is 28.9 Å². The number of carbonyl (C=O) groups excluding carboxylic acids is 2. The third-order valence-corrected chi connectivity index (χ3v) is 8.62. The van der Waals surface area contributed by atoms with E-state index < -0.39 is 10.0 Å². The van der Waals surface area contributed by atoms with Crippen LogP contribution in [-0.2, 0) is 14.8 Å². The third-order valence-electron chi connectivity index (χ3n) is 6.58. The maximum absolute atomic E-state index is 13.7. The number of amides is 1. The fourth-order valence-electron chi connectivity index (χ4n) is 4.69. The van der Waals surface area contributed by atoms with Gasteiger partial charge >= 0.3 is 0 Å². The number of para-hydroxylation sites is 1. The molecule has 1 N–H and O–H groups in total. The van der Waals surface area contributed by atoms with Gasteiger partial charge in [-0.15, -0.1) is 0 Å². The van der Waals surface area contributed by atoms with Gasteiger partial charge in [-0.1, -0.05) is 30.3 Å². The standard InChI is InChI=1S/C25H27N5O4S/c1-17-8-9-19(24-18(2)27-30-23(32)11-10-22(31)26-25(24)30)16-21(17)35(33,34)29-14-12-28(13-15-29)20-6-4-3-5-7-20/h3-9,16H,10-15H2,1-2H3,(H,26,31). The summed E-state index contributed by atoms with van der Waals surface area (Å²) in [4.78, 5) is 27.1. The zero-order valence-electron chi connectivity index (χ0n) is 19.7. The second kappa shape index (κ2) is 8.94. The minimum Gasteiger partial charge on any atom is -0.369 e. The molecule has 10 heteroatoms. The molecule has 1 amide bonds. The summed E-state index contributed by atoms with van der Waals surface area (Å²) in [5.74, 6) is -0.253. The Morgan fingerprint density at radius 1 is 0.914 bits per heavy atom. The van der Waals surface area contributed by atoms with E-state index in [1.54, 1.807) is 32.0 Å². The van der Waals surface area contributed by atoms with E-state index in [1.807, 2.05) is 30.3 Å². The smallest absolute Gasteiger partial charge is 0.249 e. The van der Waals surface area contributed by atoms with Crippen LogP contribution < -0.4 is 10.2 Å². The maximum atomic E-state index is 13.7. The first-order valence-electron chi connectivity index (χ1n) is 11.6. The van der Waals surface area contributed by atoms with E-state index in [0.29, 0.717) is 54.4 Å². The van der Waals surface area contributed by atoms with Gasteiger partial charge in [-0.2, -0.15) is 14.1 Å². The zero-order chi connectivity index (χ0) is 24.7. The number of aryl methyl sites for hydroxylation is 2. The molecule has 3 heterocycles. The summed E-state index contributed by atoms with van der Waals surface area (Å²) in [5, 5.41) is 7.10. The third kappa shape index (κ3) is 4.23. The van der Waals surface area contributed by atoms with E-state index in [0.717, 1.165) is 5.69 Å². The summed E-state index contributed by atoms with van der Waals surface area (Å²) >= 11 is 0. The second-order valence-corrected chi connectivity index (χ2v) is 10.8. The lowest BCUT2D eigenvalue weighted by molar-refractivity contribution is -0.116. The summed E-state index contributed by atoms with van der Waals surface area (Å²) < 4.78 is 30.1. The number of anilines is 2. The van der Waals surface area contributed by atoms with Gasteiger partial charge in [0.1, 0.15) is 5.82 Å². The number of benzene rings is 2. The summed E-state index contributed by atoms with van der Waals surface area (Å²) in [6.07, 6.45) is 0.158. The van der Waals surface area contributed by atoms with Crippen molar-refractivity contribution < 1.29 is 18.0 Å². The maximum Gasteiger partial charge on any atom is 0.249 e. The van der Waals surface area contributed by atoms with Crippen LogP contribution in [0.4, 0.5) is 11.5 Å². The van der Waals surface area contributed by atoms with Gasteiger partial charge in [0.05, 0.1) is 10.6 Å². The number of hydrogen-bond donors (Lipinski definition) is 1. The van der Waals surface area contributed by atoms with E-state index in [2.05, 4.69) is 15.3 Å². The first-order chi connectivity index (χ1) is 16.8. The van der Waals surface area contributed by atoms with Crippen molar-refractivity contribution in [3.63, 3.8) is 0 Å². The molecule has 2 aliphatic rings. The SMILES string of the molecule is Cc1ccc(-c2c(C)nn3c2NC(=O)CCC3=O)cc1S(=O)(=O)N1CCN(c2ccccc2)CC1. The lowest BCUT2D eigenvalue weighted by atomic mass is 10.0. The second-order valence-electron chi connectivity index (χ2n) is 8.87. The number of nitrogens with one attached hydrogen (secondary N) is 1. The highest BCUT2D eigenvalue weighted by Crippen LogP contribution is 2.35. The molecule has 1 fully saturated rings. The molecule has 9 nitrogen and oxygen atoms in total. The number of carbonyl (C=O) groups is 2. The molecule has 2 aliphatic heterocycles. The topological polar surface area (TPSA) is 105 Å². The van der Waals surface area contributed by atoms with Gasteiger partial charge < -0.3 is 10.2 Å². The average molecular weight is 494 g/mol. The number of hydrogen-bond acceptors (Lipinski definition) is 6. The van der Waals surface area contributed by atoms with Gasteiger partial charge in [-0.3, -0.25) is 9.59 Å². The molecule has 0 bridgehead atoms. The Labute approximate surface area is 204 Å². The molecule has 0 aliphatic carbocycles. The molecule has 0 spiro atoms. The van der Waals surface area contributed by atoms with Crippen LogP contribution in [0.3, 0.4) is 0 Å². The van der Waals surface area contributed by atoms with Crippen molar-refractivity contribution >= 4 is 33.3 Å². The molecule has 182 valence electrons. The molecule has 0 unspecified atom stereocenters. The van der Waals surface area contributed by atoms with Gasteiger partial charge in [-0.25, -0.2) is 8.42 Å². The number of fused-ring (bicyclic) bond motifs is 1. The predicted molar refractivity (Wildman–Crippen MR) is 133 cm³/mol. The Bertz CT molecular complexity index is 1410. The van der Waals surface area contributed by atoms with Crippen LogP contribution in [0.2, 0.25) is 0 Å². The van der Waals surface area contributed by atoms with Crippen molar-refractivity contribution in [2.75, 3.05) is 36.4 Å². The number of rotatable bonds is 4. The normalized spacial score (nSPS) is 17.1. The summed E-state index contributed by atoms with van der Waals surface area (Å²) in [7, 11) is -3.75. The highest BCUT2D eigenvalue weighted by molar-refractivity contribution is 7.89. The van der Waals surface area contributed by atoms with Crippen LogP contribution >= 0.6 is 0 Å². The Hall–Kier alpha value is -3.50. The number of piperazine rings is 1. The molecular weight excluding hydrogens is 466 g/mol. The molecular formula is C25H27N5O4S. The summed E-state index contributed by atoms with van der Waals surface area (Å²) in [6, 6.07) is 15.1. The van der Waals surface area contributed by atoms with E-state index in [4.69, 9.17) is 0 Å². The summed E-state index contributed by atoms with van der Waals surface area (Å²) in [6.45, 7) is 5.49. The molecule has 1 aromatic heterocycles. The van der Waals surface area contributed by atoms with E-state index >= 15 is 0 Å². The average Bonchev–Trinajstić information content (AvgIpc) is 3.11. The van der Waals surface area contributed by atoms with Crippen molar-refractivity contribution in [2.45, 2.75) is 31.6 Å². The van der Waals surface area contributed by atoms with Gasteiger partial charge in [0.15, 0.2) is 0 Å². The van der Waals surface area contributed by atoms with Crippen molar-refractivity contribution in [1.82, 2.24) is 14.1 Å². The van der Waals surface area contributed by atoms with Crippen molar-refractivity contribution in [3.05, 3.63) is 59.8 Å². The lowest BCUT2D eigenvalue weighted by Crippen LogP contribution is -2.48. The van der Waals surface area contributed by atoms with Crippen LogP contribution in [0.5, 0.6) is 0 Å².